The van der Waals surface area contributed by atoms with Gasteiger partial charge in [-0.1, -0.05) is 158 Å². The molecule has 0 fully saturated rings. The number of hydrogen-bond donors (Lipinski definition) is 4. The molecule has 14 heteroatoms. The van der Waals surface area contributed by atoms with Crippen molar-refractivity contribution in [3.63, 3.8) is 0 Å². The van der Waals surface area contributed by atoms with Gasteiger partial charge in [-0.15, -0.1) is 0 Å². The maximum atomic E-state index is 5.41. The maximum Gasteiger partial charge on any atom is 2.00 e. The molecular formula is C42H42Cl4CoN4P2PdS2. The van der Waals surface area contributed by atoms with Crippen LogP contribution in [0.25, 0.3) is 0 Å². The van der Waals surface area contributed by atoms with E-state index in [2.05, 4.69) is 143 Å². The summed E-state index contributed by atoms with van der Waals surface area (Å²) in [7, 11) is 16.5. The molecule has 6 aromatic carbocycles. The van der Waals surface area contributed by atoms with Crippen molar-refractivity contribution in [3.05, 3.63) is 182 Å². The van der Waals surface area contributed by atoms with Crippen LogP contribution in [0.1, 0.15) is 0 Å². The van der Waals surface area contributed by atoms with Crippen molar-refractivity contribution in [3.8, 4) is 0 Å². The summed E-state index contributed by atoms with van der Waals surface area (Å²) in [5, 5.41) is 20.0. The molecule has 6 aromatic rings. The number of nitrogens with one attached hydrogen (secondary N) is 4. The van der Waals surface area contributed by atoms with E-state index in [0.29, 0.717) is 10.2 Å². The molecule has 6 rings (SSSR count). The number of rotatable bonds is 12. The molecule has 0 aliphatic heterocycles. The van der Waals surface area contributed by atoms with Gasteiger partial charge in [0, 0.05) is 24.5 Å². The number of halogens is 4. The molecule has 0 unspecified atom stereocenters. The molecule has 0 saturated carbocycles. The van der Waals surface area contributed by atoms with E-state index in [0.717, 1.165) is 36.8 Å². The summed E-state index contributed by atoms with van der Waals surface area (Å²) < 4.78 is 0. The Kier molecular flexibility index (Phi) is 23.7. The average Bonchev–Trinajstić information content (AvgIpc) is 3.20. The summed E-state index contributed by atoms with van der Waals surface area (Å²) in [6.07, 6.45) is 2.08. The summed E-state index contributed by atoms with van der Waals surface area (Å²) in [4.78, 5) is 0. The van der Waals surface area contributed by atoms with Crippen LogP contribution in [0.2, 0.25) is 0 Å². The second-order valence-electron chi connectivity index (χ2n) is 11.4. The van der Waals surface area contributed by atoms with E-state index in [1.807, 2.05) is 60.7 Å². The normalized spacial score (nSPS) is 10.7. The molecule has 0 bridgehead atoms. The summed E-state index contributed by atoms with van der Waals surface area (Å²) in [6.45, 7) is 1.68. The van der Waals surface area contributed by atoms with Gasteiger partial charge in [-0.05, 0) is 98.1 Å². The van der Waals surface area contributed by atoms with Gasteiger partial charge in [0.15, 0.2) is 10.2 Å². The van der Waals surface area contributed by atoms with E-state index in [-0.39, 0.29) is 20.4 Å². The first-order chi connectivity index (χ1) is 26.7. The smallest absolute Gasteiger partial charge is 2.00 e. The monoisotopic (exact) mass is 1030 g/mol. The van der Waals surface area contributed by atoms with Crippen LogP contribution in [0, 0.1) is 0 Å². The number of thiocarbonyl (C=S) groups is 2. The van der Waals surface area contributed by atoms with Gasteiger partial charge in [0.1, 0.15) is 0 Å². The molecule has 0 heterocycles. The van der Waals surface area contributed by atoms with Gasteiger partial charge in [0.25, 0.3) is 0 Å². The minimum Gasteiger partial charge on any atom is 2.00 e. The standard InChI is InChI=1S/2C21H21N2PS.4ClH.Co.Pd/c2*25-21(23-18-10-4-1-5-11-18)22-16-17-24(19-12-6-2-7-13-19)20-14-8-3-9-15-20;;;;;;/h2*1-15H,16-17H2,(H2,22,23,25);4*1H;;/q;;;;;;2*+2/p-4. The Labute approximate surface area is 378 Å². The van der Waals surface area contributed by atoms with Gasteiger partial charge in [0.05, 0.1) is 0 Å². The van der Waals surface area contributed by atoms with Crippen molar-refractivity contribution in [1.82, 2.24) is 10.6 Å². The van der Waals surface area contributed by atoms with Crippen LogP contribution in [-0.4, -0.2) is 35.6 Å². The first-order valence-electron chi connectivity index (χ1n) is 17.1. The van der Waals surface area contributed by atoms with Crippen LogP contribution in [0.5, 0.6) is 0 Å². The third-order valence-electron chi connectivity index (χ3n) is 7.58. The summed E-state index contributed by atoms with van der Waals surface area (Å²) in [5.74, 6) is 0. The Balaban J connectivity index is 0.000000264. The first kappa shape index (κ1) is 48.3. The van der Waals surface area contributed by atoms with Gasteiger partial charge in [-0.2, -0.15) is 0 Å². The molecule has 4 nitrogen and oxygen atoms in total. The van der Waals surface area contributed by atoms with E-state index in [4.69, 9.17) is 65.0 Å². The zero-order valence-electron chi connectivity index (χ0n) is 30.0. The van der Waals surface area contributed by atoms with E-state index in [9.17, 15) is 0 Å². The molecule has 0 aliphatic carbocycles. The molecule has 299 valence electrons. The van der Waals surface area contributed by atoms with Gasteiger partial charge >= 0.3 is 70.0 Å². The molecule has 0 amide bonds. The third kappa shape index (κ3) is 20.0. The van der Waals surface area contributed by atoms with Crippen molar-refractivity contribution >= 4 is 124 Å². The van der Waals surface area contributed by atoms with Gasteiger partial charge < -0.3 is 21.3 Å². The Morgan fingerprint density at radius 1 is 0.411 bits per heavy atom. The fraction of sp³-hybridized carbons (Fsp3) is 0.0952. The van der Waals surface area contributed by atoms with E-state index < -0.39 is 24.8 Å². The van der Waals surface area contributed by atoms with Crippen molar-refractivity contribution in [2.75, 3.05) is 36.0 Å². The number of benzene rings is 6. The minimum atomic E-state index is -2.49. The number of para-hydroxylation sites is 2. The summed E-state index contributed by atoms with van der Waals surface area (Å²) in [5.41, 5.74) is 2.02. The first-order valence-corrected chi connectivity index (χ1v) is 26.7. The van der Waals surface area contributed by atoms with Crippen molar-refractivity contribution in [2.24, 2.45) is 0 Å². The molecule has 0 aromatic heterocycles. The predicted molar refractivity (Wildman–Crippen MR) is 253 cm³/mol. The fourth-order valence-corrected chi connectivity index (χ4v) is 10.1. The number of hydrogen-bond acceptors (Lipinski definition) is 2. The third-order valence-corrected chi connectivity index (χ3v) is 13.1. The Morgan fingerprint density at radius 2 is 0.625 bits per heavy atom. The zero-order valence-corrected chi connectivity index (χ0v) is 39.1. The summed E-state index contributed by atoms with van der Waals surface area (Å²) >= 11 is 10.8. The van der Waals surface area contributed by atoms with Crippen molar-refractivity contribution in [1.29, 1.82) is 0 Å². The van der Waals surface area contributed by atoms with Gasteiger partial charge in [-0.3, -0.25) is 0 Å². The second kappa shape index (κ2) is 27.6. The van der Waals surface area contributed by atoms with Crippen LogP contribution < -0.4 is 42.5 Å². The molecule has 0 aliphatic rings. The van der Waals surface area contributed by atoms with Crippen LogP contribution in [0.3, 0.4) is 0 Å². The van der Waals surface area contributed by atoms with Crippen molar-refractivity contribution in [2.45, 2.75) is 0 Å². The molecule has 0 radical (unpaired) electrons. The Morgan fingerprint density at radius 3 is 0.857 bits per heavy atom. The van der Waals surface area contributed by atoms with Crippen LogP contribution in [-0.2, 0) is 29.4 Å². The average molecular weight is 1040 g/mol. The summed E-state index contributed by atoms with van der Waals surface area (Å²) in [6, 6.07) is 63.0. The van der Waals surface area contributed by atoms with Crippen LogP contribution in [0.4, 0.5) is 11.4 Å². The van der Waals surface area contributed by atoms with Gasteiger partial charge in [0.2, 0.25) is 0 Å². The van der Waals surface area contributed by atoms with E-state index in [1.54, 1.807) is 0 Å². The largest absolute Gasteiger partial charge is 2.00 e. The Hall–Kier alpha value is -2.11. The predicted octanol–water partition coefficient (Wildman–Crippen LogP) is 11.0. The Bertz CT molecular complexity index is 1740. The van der Waals surface area contributed by atoms with E-state index >= 15 is 0 Å². The molecule has 0 spiro atoms. The minimum absolute atomic E-state index is 0. The quantitative estimate of drug-likeness (QED) is 0.0557. The number of anilines is 2. The topological polar surface area (TPSA) is 48.1 Å². The fourth-order valence-electron chi connectivity index (χ4n) is 5.20. The zero-order chi connectivity index (χ0) is 39.1. The van der Waals surface area contributed by atoms with Crippen LogP contribution >= 0.6 is 80.9 Å². The molecule has 56 heavy (non-hydrogen) atoms. The molecule has 4 N–H and O–H groups in total. The van der Waals surface area contributed by atoms with Gasteiger partial charge in [-0.25, -0.2) is 0 Å². The van der Waals surface area contributed by atoms with E-state index in [1.165, 1.54) is 21.2 Å². The molecule has 0 atom stereocenters. The van der Waals surface area contributed by atoms with Crippen LogP contribution in [0.15, 0.2) is 182 Å². The molecular weight excluding hydrogens is 994 g/mol. The maximum absolute atomic E-state index is 5.41. The second-order valence-corrected chi connectivity index (χ2v) is 27.2. The molecule has 0 saturated heterocycles. The SMILES string of the molecule is S=C(NCCP(c1ccccc1)c1ccccc1)Nc1ccccc1.S=C(NCCP(c1ccccc1)c1ccccc1)Nc1ccccc1.[Cl][Co-2]([Cl])([Cl])[Cl].[Pd+2]. The van der Waals surface area contributed by atoms with Crippen molar-refractivity contribution < 1.29 is 29.4 Å².